The van der Waals surface area contributed by atoms with Crippen LogP contribution in [0.3, 0.4) is 0 Å². The molecule has 224 valence electrons. The minimum Gasteiger partial charge on any atom is -0.549 e. The number of rotatable bonds is 12. The zero-order valence-electron chi connectivity index (χ0n) is 22.6. The number of piperidine rings is 2. The van der Waals surface area contributed by atoms with Gasteiger partial charge in [-0.25, -0.2) is 0 Å². The molecular formula is C26H38N4O10-2. The van der Waals surface area contributed by atoms with Gasteiger partial charge >= 0.3 is 11.9 Å². The zero-order valence-corrected chi connectivity index (χ0v) is 22.6. The van der Waals surface area contributed by atoms with Gasteiger partial charge in [0, 0.05) is 51.4 Å². The van der Waals surface area contributed by atoms with Crippen LogP contribution in [0.25, 0.3) is 0 Å². The van der Waals surface area contributed by atoms with Gasteiger partial charge in [-0.3, -0.25) is 29.0 Å². The molecule has 0 aromatic heterocycles. The summed E-state index contributed by atoms with van der Waals surface area (Å²) in [5.74, 6) is -6.38. The molecule has 2 N–H and O–H groups in total. The van der Waals surface area contributed by atoms with Gasteiger partial charge in [-0.2, -0.15) is 0 Å². The lowest BCUT2D eigenvalue weighted by Gasteiger charge is -2.46. The monoisotopic (exact) mass is 566 g/mol. The van der Waals surface area contributed by atoms with Crippen LogP contribution in [0.1, 0.15) is 51.4 Å². The van der Waals surface area contributed by atoms with Gasteiger partial charge in [-0.05, 0) is 38.5 Å². The van der Waals surface area contributed by atoms with Crippen LogP contribution in [-0.4, -0.2) is 130 Å². The van der Waals surface area contributed by atoms with Crippen LogP contribution in [0.5, 0.6) is 0 Å². The van der Waals surface area contributed by atoms with Crippen molar-refractivity contribution in [2.24, 2.45) is 11.8 Å². The summed E-state index contributed by atoms with van der Waals surface area (Å²) < 4.78 is 0. The molecular weight excluding hydrogens is 528 g/mol. The summed E-state index contributed by atoms with van der Waals surface area (Å²) in [7, 11) is 0. The van der Waals surface area contributed by atoms with Crippen LogP contribution in [0, 0.1) is 11.8 Å². The lowest BCUT2D eigenvalue weighted by atomic mass is 9.87. The fraction of sp³-hybridized carbons (Fsp3) is 0.769. The highest BCUT2D eigenvalue weighted by atomic mass is 16.4. The molecule has 2 atom stereocenters. The summed E-state index contributed by atoms with van der Waals surface area (Å²) >= 11 is 0. The van der Waals surface area contributed by atoms with Crippen molar-refractivity contribution in [1.82, 2.24) is 19.6 Å². The largest absolute Gasteiger partial charge is 0.549 e. The molecule has 0 bridgehead atoms. The third-order valence-corrected chi connectivity index (χ3v) is 8.37. The summed E-state index contributed by atoms with van der Waals surface area (Å²) in [6.07, 6.45) is 3.62. The number of hydrogen-bond donors (Lipinski definition) is 2. The van der Waals surface area contributed by atoms with E-state index in [1.54, 1.807) is 0 Å². The van der Waals surface area contributed by atoms with E-state index in [2.05, 4.69) is 0 Å². The van der Waals surface area contributed by atoms with Crippen molar-refractivity contribution in [2.75, 3.05) is 52.4 Å². The molecule has 3 aliphatic rings. The van der Waals surface area contributed by atoms with Gasteiger partial charge in [0.2, 0.25) is 11.8 Å². The Balaban J connectivity index is 1.73. The smallest absolute Gasteiger partial charge is 0.306 e. The summed E-state index contributed by atoms with van der Waals surface area (Å²) in [4.78, 5) is 78.1. The Morgan fingerprint density at radius 1 is 0.575 bits per heavy atom. The van der Waals surface area contributed by atoms with Crippen LogP contribution in [0.15, 0.2) is 0 Å². The van der Waals surface area contributed by atoms with E-state index in [1.165, 1.54) is 19.6 Å². The summed E-state index contributed by atoms with van der Waals surface area (Å²) in [6, 6.07) is -1.09. The minimum atomic E-state index is -1.40. The van der Waals surface area contributed by atoms with Gasteiger partial charge < -0.3 is 39.8 Å². The van der Waals surface area contributed by atoms with E-state index in [9.17, 15) is 49.2 Å². The highest BCUT2D eigenvalue weighted by Crippen LogP contribution is 2.28. The third kappa shape index (κ3) is 8.62. The number of hydrogen-bond acceptors (Lipinski definition) is 10. The highest BCUT2D eigenvalue weighted by Gasteiger charge is 2.38. The van der Waals surface area contributed by atoms with Crippen LogP contribution in [-0.2, 0) is 28.8 Å². The maximum absolute atomic E-state index is 13.1. The molecule has 2 heterocycles. The molecule has 2 aliphatic heterocycles. The summed E-state index contributed by atoms with van der Waals surface area (Å²) in [5, 5.41) is 41.8. The van der Waals surface area contributed by atoms with Crippen LogP contribution < -0.4 is 10.2 Å². The first-order valence-electron chi connectivity index (χ1n) is 13.8. The molecule has 1 aliphatic carbocycles. The number of nitrogens with zero attached hydrogens (tertiary/aromatic N) is 4. The van der Waals surface area contributed by atoms with Crippen molar-refractivity contribution < 1.29 is 49.2 Å². The average molecular weight is 567 g/mol. The van der Waals surface area contributed by atoms with Crippen molar-refractivity contribution in [3.63, 3.8) is 0 Å². The minimum absolute atomic E-state index is 0.243. The fourth-order valence-corrected chi connectivity index (χ4v) is 6.16. The average Bonchev–Trinajstić information content (AvgIpc) is 2.91. The molecule has 0 radical (unpaired) electrons. The van der Waals surface area contributed by atoms with E-state index in [1.807, 2.05) is 0 Å². The van der Waals surface area contributed by atoms with Gasteiger partial charge in [-0.15, -0.1) is 0 Å². The topological polar surface area (TPSA) is 202 Å². The predicted octanol–water partition coefficient (Wildman–Crippen LogP) is -2.95. The predicted molar refractivity (Wildman–Crippen MR) is 133 cm³/mol. The lowest BCUT2D eigenvalue weighted by molar-refractivity contribution is -0.309. The molecule has 14 nitrogen and oxygen atoms in total. The Morgan fingerprint density at radius 3 is 1.18 bits per heavy atom. The fourth-order valence-electron chi connectivity index (χ4n) is 6.16. The van der Waals surface area contributed by atoms with E-state index in [0.29, 0.717) is 38.5 Å². The molecule has 2 unspecified atom stereocenters. The molecule has 14 heteroatoms. The Labute approximate surface area is 232 Å². The number of carbonyl (C=O) groups excluding carboxylic acids is 4. The maximum atomic E-state index is 13.1. The molecule has 40 heavy (non-hydrogen) atoms. The summed E-state index contributed by atoms with van der Waals surface area (Å²) in [5.41, 5.74) is 0. The molecule has 0 aromatic carbocycles. The van der Waals surface area contributed by atoms with Gasteiger partial charge in [-0.1, -0.05) is 12.8 Å². The second-order valence-corrected chi connectivity index (χ2v) is 11.0. The number of likely N-dealkylation sites (tertiary alicyclic amines) is 2. The number of aliphatic carboxylic acids is 4. The number of carbonyl (C=O) groups is 6. The van der Waals surface area contributed by atoms with E-state index in [4.69, 9.17) is 0 Å². The van der Waals surface area contributed by atoms with Crippen LogP contribution in [0.4, 0.5) is 0 Å². The molecule has 3 rings (SSSR count). The van der Waals surface area contributed by atoms with E-state index >= 15 is 0 Å². The van der Waals surface area contributed by atoms with Crippen molar-refractivity contribution in [1.29, 1.82) is 0 Å². The van der Waals surface area contributed by atoms with Gasteiger partial charge in [0.25, 0.3) is 0 Å². The third-order valence-electron chi connectivity index (χ3n) is 8.37. The molecule has 2 saturated heterocycles. The number of amides is 2. The molecule has 2 amide bonds. The van der Waals surface area contributed by atoms with Gasteiger partial charge in [0.15, 0.2) is 0 Å². The molecule has 3 fully saturated rings. The first-order chi connectivity index (χ1) is 19.0. The molecule has 0 aromatic rings. The number of carboxylic acids is 4. The SMILES string of the molecule is O=C([O-])CN(CC(=O)N1CCC(C(=O)O)CC1)C1CCCCC1N(CC(=O)[O-])CC(=O)N1CCC(C(=O)O)CC1. The van der Waals surface area contributed by atoms with Crippen LogP contribution >= 0.6 is 0 Å². The van der Waals surface area contributed by atoms with E-state index in [0.717, 1.165) is 12.8 Å². The Kier molecular flexibility index (Phi) is 11.3. The highest BCUT2D eigenvalue weighted by molar-refractivity contribution is 5.80. The summed E-state index contributed by atoms with van der Waals surface area (Å²) in [6.45, 7) is -0.673. The second-order valence-electron chi connectivity index (χ2n) is 11.0. The normalized spacial score (nSPS) is 22.9. The standard InChI is InChI=1S/C26H40N4O10/c31-21(27-9-5-17(6-10-27)25(37)38)13-29(15-23(33)34)19-3-1-2-4-20(19)30(16-24(35)36)14-22(32)28-11-7-18(8-12-28)26(39)40/h17-20H,1-16H2,(H,33,34)(H,35,36)(H,37,38)(H,39,40)/p-2. The Hall–Kier alpha value is -3.26. The number of carboxylic acid groups (broad SMARTS) is 4. The zero-order chi connectivity index (χ0) is 29.4. The van der Waals surface area contributed by atoms with Crippen molar-refractivity contribution >= 4 is 35.7 Å². The van der Waals surface area contributed by atoms with Crippen molar-refractivity contribution in [3.8, 4) is 0 Å². The quantitative estimate of drug-likeness (QED) is 0.243. The first-order valence-corrected chi connectivity index (χ1v) is 13.8. The van der Waals surface area contributed by atoms with E-state index in [-0.39, 0.29) is 51.1 Å². The lowest BCUT2D eigenvalue weighted by Crippen LogP contribution is -2.60. The van der Waals surface area contributed by atoms with Crippen LogP contribution in [0.2, 0.25) is 0 Å². The molecule has 1 saturated carbocycles. The van der Waals surface area contributed by atoms with Gasteiger partial charge in [0.1, 0.15) is 0 Å². The van der Waals surface area contributed by atoms with Crippen molar-refractivity contribution in [3.05, 3.63) is 0 Å². The maximum Gasteiger partial charge on any atom is 0.306 e. The Bertz CT molecular complexity index is 883. The second kappa shape index (κ2) is 14.4. The van der Waals surface area contributed by atoms with Gasteiger partial charge in [0.05, 0.1) is 36.9 Å². The Morgan fingerprint density at radius 2 is 0.900 bits per heavy atom. The first kappa shape index (κ1) is 31.3. The van der Waals surface area contributed by atoms with Crippen molar-refractivity contribution in [2.45, 2.75) is 63.5 Å². The molecule has 0 spiro atoms. The van der Waals surface area contributed by atoms with E-state index < -0.39 is 60.9 Å².